The minimum atomic E-state index is -0.353. The Labute approximate surface area is 130 Å². The summed E-state index contributed by atoms with van der Waals surface area (Å²) in [6, 6.07) is 6.61. The molecule has 3 N–H and O–H groups in total. The summed E-state index contributed by atoms with van der Waals surface area (Å²) in [6.45, 7) is 0. The molecule has 3 nitrogen and oxygen atoms in total. The Morgan fingerprint density at radius 3 is 2.62 bits per heavy atom. The van der Waals surface area contributed by atoms with Crippen molar-refractivity contribution in [3.8, 4) is 0 Å². The van der Waals surface area contributed by atoms with Crippen LogP contribution in [0.4, 0.5) is 4.39 Å². The van der Waals surface area contributed by atoms with E-state index in [-0.39, 0.29) is 16.9 Å². The lowest BCUT2D eigenvalue weighted by Gasteiger charge is -2.39. The lowest BCUT2D eigenvalue weighted by Crippen LogP contribution is -2.49. The highest BCUT2D eigenvalue weighted by Crippen LogP contribution is 2.39. The summed E-state index contributed by atoms with van der Waals surface area (Å²) >= 11 is 5.74. The highest BCUT2D eigenvalue weighted by atomic mass is 35.5. The molecule has 21 heavy (non-hydrogen) atoms. The summed E-state index contributed by atoms with van der Waals surface area (Å²) in [7, 11) is 2.23. The molecule has 2 aliphatic rings. The molecule has 0 aliphatic carbocycles. The maximum absolute atomic E-state index is 13.6. The smallest absolute Gasteiger partial charge is 0.142 e. The molecule has 2 fully saturated rings. The van der Waals surface area contributed by atoms with Gasteiger partial charge in [-0.2, -0.15) is 0 Å². The van der Waals surface area contributed by atoms with Crippen molar-refractivity contribution < 1.29 is 4.39 Å². The number of nitrogens with one attached hydrogen (secondary N) is 1. The van der Waals surface area contributed by atoms with Crippen LogP contribution in [-0.2, 0) is 6.42 Å². The van der Waals surface area contributed by atoms with E-state index in [0.29, 0.717) is 18.0 Å². The number of hydrogen-bond acceptors (Lipinski definition) is 3. The van der Waals surface area contributed by atoms with E-state index in [9.17, 15) is 4.39 Å². The van der Waals surface area contributed by atoms with Crippen LogP contribution in [0.5, 0.6) is 0 Å². The molecule has 1 aromatic rings. The molecule has 2 aliphatic heterocycles. The Balaban J connectivity index is 1.69. The van der Waals surface area contributed by atoms with Crippen LogP contribution < -0.4 is 11.3 Å². The summed E-state index contributed by atoms with van der Waals surface area (Å²) in [5, 5.41) is 0.174. The van der Waals surface area contributed by atoms with Crippen LogP contribution in [0.25, 0.3) is 0 Å². The minimum absolute atomic E-state index is 0.174. The lowest BCUT2D eigenvalue weighted by molar-refractivity contribution is 0.112. The molecule has 0 spiro atoms. The van der Waals surface area contributed by atoms with Gasteiger partial charge in [0.25, 0.3) is 0 Å². The Bertz CT molecular complexity index is 496. The average molecular weight is 312 g/mol. The molecule has 1 aromatic carbocycles. The van der Waals surface area contributed by atoms with Crippen LogP contribution in [0.1, 0.15) is 31.2 Å². The largest absolute Gasteiger partial charge is 0.300 e. The number of nitrogens with zero attached hydrogens (tertiary/aromatic N) is 1. The van der Waals surface area contributed by atoms with Crippen LogP contribution in [0, 0.1) is 11.7 Å². The SMILES string of the molecule is CN1C2CCC1CC(C(Cc1ccc(Cl)c(F)c1)NN)C2. The maximum Gasteiger partial charge on any atom is 0.142 e. The molecule has 3 atom stereocenters. The lowest BCUT2D eigenvalue weighted by atomic mass is 9.83. The van der Waals surface area contributed by atoms with Crippen molar-refractivity contribution in [1.29, 1.82) is 0 Å². The number of nitrogens with two attached hydrogens (primary N) is 1. The monoisotopic (exact) mass is 311 g/mol. The van der Waals surface area contributed by atoms with Crippen molar-refractivity contribution in [2.45, 2.75) is 50.2 Å². The molecule has 2 heterocycles. The summed E-state index contributed by atoms with van der Waals surface area (Å²) in [4.78, 5) is 2.52. The van der Waals surface area contributed by atoms with Gasteiger partial charge in [-0.25, -0.2) is 4.39 Å². The van der Waals surface area contributed by atoms with Gasteiger partial charge in [0.05, 0.1) is 5.02 Å². The number of hydrazine groups is 1. The fourth-order valence-corrected chi connectivity index (χ4v) is 4.18. The van der Waals surface area contributed by atoms with Gasteiger partial charge in [0.2, 0.25) is 0 Å². The molecule has 2 saturated heterocycles. The number of hydrogen-bond donors (Lipinski definition) is 2. The van der Waals surface area contributed by atoms with Gasteiger partial charge in [0.15, 0.2) is 0 Å². The number of fused-ring (bicyclic) bond motifs is 2. The highest BCUT2D eigenvalue weighted by molar-refractivity contribution is 6.30. The normalized spacial score (nSPS) is 30.6. The zero-order chi connectivity index (χ0) is 15.0. The third-order valence-corrected chi connectivity index (χ3v) is 5.66. The molecular formula is C16H23ClFN3. The van der Waals surface area contributed by atoms with Crippen molar-refractivity contribution in [3.05, 3.63) is 34.6 Å². The zero-order valence-electron chi connectivity index (χ0n) is 12.4. The van der Waals surface area contributed by atoms with Gasteiger partial charge in [-0.1, -0.05) is 17.7 Å². The third kappa shape index (κ3) is 3.09. The van der Waals surface area contributed by atoms with Crippen molar-refractivity contribution in [2.24, 2.45) is 11.8 Å². The van der Waals surface area contributed by atoms with Crippen LogP contribution in [0.2, 0.25) is 5.02 Å². The van der Waals surface area contributed by atoms with Crippen molar-refractivity contribution >= 4 is 11.6 Å². The average Bonchev–Trinajstić information content (AvgIpc) is 2.70. The minimum Gasteiger partial charge on any atom is -0.300 e. The summed E-state index contributed by atoms with van der Waals surface area (Å²) < 4.78 is 13.6. The summed E-state index contributed by atoms with van der Waals surface area (Å²) in [5.41, 5.74) is 3.91. The van der Waals surface area contributed by atoms with Gasteiger partial charge in [-0.3, -0.25) is 11.3 Å². The highest BCUT2D eigenvalue weighted by Gasteiger charge is 2.40. The van der Waals surface area contributed by atoms with Crippen LogP contribution >= 0.6 is 11.6 Å². The molecule has 3 rings (SSSR count). The second kappa shape index (κ2) is 6.21. The molecule has 0 aromatic heterocycles. The van der Waals surface area contributed by atoms with Gasteiger partial charge < -0.3 is 4.90 Å². The van der Waals surface area contributed by atoms with E-state index < -0.39 is 0 Å². The zero-order valence-corrected chi connectivity index (χ0v) is 13.1. The van der Waals surface area contributed by atoms with Crippen LogP contribution in [-0.4, -0.2) is 30.1 Å². The molecule has 0 saturated carbocycles. The molecule has 3 unspecified atom stereocenters. The van der Waals surface area contributed by atoms with Gasteiger partial charge in [-0.15, -0.1) is 0 Å². The summed E-state index contributed by atoms with van der Waals surface area (Å²) in [5.74, 6) is 5.99. The molecule has 0 amide bonds. The summed E-state index contributed by atoms with van der Waals surface area (Å²) in [6.07, 6.45) is 5.70. The first-order valence-corrected chi connectivity index (χ1v) is 8.08. The first-order chi connectivity index (χ1) is 10.1. The van der Waals surface area contributed by atoms with E-state index in [1.54, 1.807) is 6.07 Å². The number of benzene rings is 1. The molecule has 2 bridgehead atoms. The maximum atomic E-state index is 13.6. The van der Waals surface area contributed by atoms with Gasteiger partial charge in [-0.05, 0) is 62.8 Å². The van der Waals surface area contributed by atoms with E-state index in [2.05, 4.69) is 17.4 Å². The molecule has 0 radical (unpaired) electrons. The van der Waals surface area contributed by atoms with Crippen molar-refractivity contribution in [1.82, 2.24) is 10.3 Å². The fourth-order valence-electron chi connectivity index (χ4n) is 4.06. The fraction of sp³-hybridized carbons (Fsp3) is 0.625. The predicted octanol–water partition coefficient (Wildman–Crippen LogP) is 2.73. The third-order valence-electron chi connectivity index (χ3n) is 5.36. The first kappa shape index (κ1) is 15.2. The van der Waals surface area contributed by atoms with Gasteiger partial charge in [0.1, 0.15) is 5.82 Å². The van der Waals surface area contributed by atoms with Crippen molar-refractivity contribution in [3.63, 3.8) is 0 Å². The Morgan fingerprint density at radius 1 is 1.38 bits per heavy atom. The van der Waals surface area contributed by atoms with Crippen molar-refractivity contribution in [2.75, 3.05) is 7.05 Å². The molecular weight excluding hydrogens is 289 g/mol. The Kier molecular flexibility index (Phi) is 4.50. The number of halogens is 2. The number of rotatable bonds is 4. The Hall–Kier alpha value is -0.680. The van der Waals surface area contributed by atoms with E-state index >= 15 is 0 Å². The van der Waals surface area contributed by atoms with Gasteiger partial charge in [0, 0.05) is 18.1 Å². The predicted molar refractivity (Wildman–Crippen MR) is 83.5 cm³/mol. The van der Waals surface area contributed by atoms with E-state index in [0.717, 1.165) is 12.0 Å². The van der Waals surface area contributed by atoms with Crippen LogP contribution in [0.3, 0.4) is 0 Å². The van der Waals surface area contributed by atoms with Crippen LogP contribution in [0.15, 0.2) is 18.2 Å². The Morgan fingerprint density at radius 2 is 2.05 bits per heavy atom. The first-order valence-electron chi connectivity index (χ1n) is 7.70. The quantitative estimate of drug-likeness (QED) is 0.663. The molecule has 5 heteroatoms. The number of piperidine rings is 1. The van der Waals surface area contributed by atoms with E-state index in [1.807, 2.05) is 6.07 Å². The van der Waals surface area contributed by atoms with E-state index in [1.165, 1.54) is 31.7 Å². The standard InChI is InChI=1S/C16H23ClFN3/c1-21-12-3-4-13(21)9-11(8-12)16(20-19)7-10-2-5-14(17)15(18)6-10/h2,5-6,11-13,16,20H,3-4,7-9,19H2,1H3. The second-order valence-corrected chi connectivity index (χ2v) is 6.91. The topological polar surface area (TPSA) is 41.3 Å². The van der Waals surface area contributed by atoms with Gasteiger partial charge >= 0.3 is 0 Å². The second-order valence-electron chi connectivity index (χ2n) is 6.51. The van der Waals surface area contributed by atoms with E-state index in [4.69, 9.17) is 17.4 Å². The molecule has 116 valence electrons.